The van der Waals surface area contributed by atoms with Crippen LogP contribution in [0, 0.1) is 4.77 Å². The standard InChI is InChI=1S/C11H14N4OS/c17-11-14-4-2-1-3-10(14)12-15(11)9-13-5-7-16-8-6-13/h1-4H,5-9H2/p+1. The second-order valence-electron chi connectivity index (χ2n) is 4.23. The number of hydrogen-bond acceptors (Lipinski definition) is 3. The van der Waals surface area contributed by atoms with E-state index in [0.717, 1.165) is 43.4 Å². The van der Waals surface area contributed by atoms with Crippen molar-refractivity contribution in [1.29, 1.82) is 0 Å². The fraction of sp³-hybridized carbons (Fsp3) is 0.455. The molecule has 0 aliphatic carbocycles. The monoisotopic (exact) mass is 251 g/mol. The summed E-state index contributed by atoms with van der Waals surface area (Å²) >= 11 is 5.41. The SMILES string of the molecule is S=c1n(C[NH+]2CCOCC2)nc2ccccn12. The molecule has 0 saturated carbocycles. The van der Waals surface area contributed by atoms with Gasteiger partial charge >= 0.3 is 0 Å². The van der Waals surface area contributed by atoms with Crippen molar-refractivity contribution in [3.8, 4) is 0 Å². The van der Waals surface area contributed by atoms with Gasteiger partial charge in [0.25, 0.3) is 0 Å². The van der Waals surface area contributed by atoms with Crippen LogP contribution in [0.1, 0.15) is 0 Å². The smallest absolute Gasteiger partial charge is 0.207 e. The summed E-state index contributed by atoms with van der Waals surface area (Å²) in [6, 6.07) is 5.92. The second kappa shape index (κ2) is 4.56. The summed E-state index contributed by atoms with van der Waals surface area (Å²) in [6.07, 6.45) is 1.95. The summed E-state index contributed by atoms with van der Waals surface area (Å²) < 4.78 is 9.96. The van der Waals surface area contributed by atoms with Crippen LogP contribution in [0.15, 0.2) is 24.4 Å². The Morgan fingerprint density at radius 3 is 2.94 bits per heavy atom. The average Bonchev–Trinajstić information content (AvgIpc) is 2.68. The fourth-order valence-corrected chi connectivity index (χ4v) is 2.36. The quantitative estimate of drug-likeness (QED) is 0.747. The molecule has 17 heavy (non-hydrogen) atoms. The van der Waals surface area contributed by atoms with E-state index in [1.807, 2.05) is 33.5 Å². The lowest BCUT2D eigenvalue weighted by Crippen LogP contribution is -3.13. The van der Waals surface area contributed by atoms with Crippen LogP contribution in [0.4, 0.5) is 0 Å². The lowest BCUT2D eigenvalue weighted by molar-refractivity contribution is -0.930. The fourth-order valence-electron chi connectivity index (χ4n) is 2.10. The number of pyridine rings is 1. The van der Waals surface area contributed by atoms with Crippen molar-refractivity contribution in [2.75, 3.05) is 26.3 Å². The van der Waals surface area contributed by atoms with Crippen LogP contribution in [0.25, 0.3) is 5.65 Å². The minimum atomic E-state index is 0.764. The Kier molecular flexibility index (Phi) is 2.92. The first-order chi connectivity index (χ1) is 8.34. The Labute approximate surface area is 104 Å². The molecule has 1 saturated heterocycles. The summed E-state index contributed by atoms with van der Waals surface area (Å²) in [5.74, 6) is 0. The van der Waals surface area contributed by atoms with Gasteiger partial charge in [-0.1, -0.05) is 6.07 Å². The molecule has 0 unspecified atom stereocenters. The van der Waals surface area contributed by atoms with E-state index in [1.165, 1.54) is 4.90 Å². The van der Waals surface area contributed by atoms with E-state index in [9.17, 15) is 0 Å². The summed E-state index contributed by atoms with van der Waals surface area (Å²) in [6.45, 7) is 4.53. The maximum Gasteiger partial charge on any atom is 0.207 e. The number of rotatable bonds is 2. The largest absolute Gasteiger partial charge is 0.370 e. The minimum Gasteiger partial charge on any atom is -0.370 e. The van der Waals surface area contributed by atoms with Crippen LogP contribution in [-0.4, -0.2) is 40.5 Å². The topological polar surface area (TPSA) is 35.9 Å². The van der Waals surface area contributed by atoms with Crippen LogP contribution < -0.4 is 4.90 Å². The molecular formula is C11H15N4OS+. The lowest BCUT2D eigenvalue weighted by atomic mass is 10.4. The second-order valence-corrected chi connectivity index (χ2v) is 4.60. The average molecular weight is 251 g/mol. The molecule has 5 nitrogen and oxygen atoms in total. The van der Waals surface area contributed by atoms with Crippen LogP contribution in [-0.2, 0) is 11.4 Å². The summed E-state index contributed by atoms with van der Waals surface area (Å²) in [5.41, 5.74) is 0.908. The van der Waals surface area contributed by atoms with E-state index in [2.05, 4.69) is 5.10 Å². The zero-order chi connectivity index (χ0) is 11.7. The van der Waals surface area contributed by atoms with Gasteiger partial charge in [-0.15, -0.1) is 5.10 Å². The molecule has 90 valence electrons. The molecule has 3 heterocycles. The minimum absolute atomic E-state index is 0.764. The number of nitrogens with one attached hydrogen (secondary N) is 1. The first kappa shape index (κ1) is 10.9. The Bertz CT molecular complexity index is 570. The highest BCUT2D eigenvalue weighted by atomic mass is 32.1. The maximum absolute atomic E-state index is 5.41. The normalized spacial score (nSPS) is 17.6. The first-order valence-corrected chi connectivity index (χ1v) is 6.21. The zero-order valence-corrected chi connectivity index (χ0v) is 10.3. The van der Waals surface area contributed by atoms with Crippen molar-refractivity contribution in [3.05, 3.63) is 29.2 Å². The van der Waals surface area contributed by atoms with E-state index in [0.29, 0.717) is 0 Å². The van der Waals surface area contributed by atoms with Crippen LogP contribution >= 0.6 is 12.2 Å². The van der Waals surface area contributed by atoms with Gasteiger partial charge in [0.05, 0.1) is 13.2 Å². The molecule has 1 aliphatic heterocycles. The van der Waals surface area contributed by atoms with Crippen LogP contribution in [0.2, 0.25) is 0 Å². The molecule has 1 N–H and O–H groups in total. The van der Waals surface area contributed by atoms with Crippen molar-refractivity contribution < 1.29 is 9.64 Å². The third kappa shape index (κ3) is 2.11. The van der Waals surface area contributed by atoms with E-state index in [4.69, 9.17) is 17.0 Å². The molecule has 0 aromatic carbocycles. The van der Waals surface area contributed by atoms with Crippen molar-refractivity contribution in [2.24, 2.45) is 0 Å². The number of morpholine rings is 1. The number of ether oxygens (including phenoxy) is 1. The highest BCUT2D eigenvalue weighted by molar-refractivity contribution is 7.71. The zero-order valence-electron chi connectivity index (χ0n) is 9.50. The highest BCUT2D eigenvalue weighted by Gasteiger charge is 2.15. The van der Waals surface area contributed by atoms with Gasteiger partial charge in [0.2, 0.25) is 4.77 Å². The number of hydrogen-bond donors (Lipinski definition) is 1. The molecule has 1 aliphatic rings. The summed E-state index contributed by atoms with van der Waals surface area (Å²) in [5, 5.41) is 4.52. The van der Waals surface area contributed by atoms with Gasteiger partial charge in [0, 0.05) is 6.20 Å². The maximum atomic E-state index is 5.41. The predicted molar refractivity (Wildman–Crippen MR) is 65.5 cm³/mol. The Balaban J connectivity index is 1.89. The number of nitrogens with zero attached hydrogens (tertiary/aromatic N) is 3. The summed E-state index contributed by atoms with van der Waals surface area (Å²) in [7, 11) is 0. The third-order valence-corrected chi connectivity index (χ3v) is 3.47. The van der Waals surface area contributed by atoms with Crippen LogP contribution in [0.5, 0.6) is 0 Å². The molecule has 2 aromatic rings. The highest BCUT2D eigenvalue weighted by Crippen LogP contribution is 2.01. The third-order valence-electron chi connectivity index (χ3n) is 3.06. The van der Waals surface area contributed by atoms with Crippen molar-refractivity contribution in [3.63, 3.8) is 0 Å². The van der Waals surface area contributed by atoms with E-state index >= 15 is 0 Å². The number of quaternary nitrogens is 1. The molecule has 3 rings (SSSR count). The molecule has 0 amide bonds. The molecule has 0 bridgehead atoms. The van der Waals surface area contributed by atoms with Gasteiger partial charge in [-0.2, -0.15) is 4.68 Å². The summed E-state index contributed by atoms with van der Waals surface area (Å²) in [4.78, 5) is 1.47. The van der Waals surface area contributed by atoms with Gasteiger partial charge in [0.15, 0.2) is 12.3 Å². The number of aromatic nitrogens is 3. The molecule has 2 aromatic heterocycles. The molecule has 6 heteroatoms. The van der Waals surface area contributed by atoms with Gasteiger partial charge in [0.1, 0.15) is 13.1 Å². The predicted octanol–water partition coefficient (Wildman–Crippen LogP) is -0.262. The van der Waals surface area contributed by atoms with Crippen molar-refractivity contribution in [1.82, 2.24) is 14.2 Å². The Morgan fingerprint density at radius 2 is 2.18 bits per heavy atom. The van der Waals surface area contributed by atoms with E-state index in [1.54, 1.807) is 0 Å². The van der Waals surface area contributed by atoms with Crippen molar-refractivity contribution >= 4 is 17.9 Å². The van der Waals surface area contributed by atoms with E-state index in [-0.39, 0.29) is 0 Å². The first-order valence-electron chi connectivity index (χ1n) is 5.80. The van der Waals surface area contributed by atoms with Crippen LogP contribution in [0.3, 0.4) is 0 Å². The molecule has 0 spiro atoms. The molecule has 0 atom stereocenters. The molecular weight excluding hydrogens is 236 g/mol. The Morgan fingerprint density at radius 1 is 1.35 bits per heavy atom. The van der Waals surface area contributed by atoms with Gasteiger partial charge in [-0.05, 0) is 24.4 Å². The number of fused-ring (bicyclic) bond motifs is 1. The van der Waals surface area contributed by atoms with Crippen molar-refractivity contribution in [2.45, 2.75) is 6.67 Å². The van der Waals surface area contributed by atoms with Gasteiger partial charge in [-0.25, -0.2) is 0 Å². The molecule has 1 fully saturated rings. The van der Waals surface area contributed by atoms with Gasteiger partial charge in [-0.3, -0.25) is 4.40 Å². The molecule has 0 radical (unpaired) electrons. The van der Waals surface area contributed by atoms with Gasteiger partial charge < -0.3 is 9.64 Å². The Hall–Kier alpha value is -1.24. The van der Waals surface area contributed by atoms with E-state index < -0.39 is 0 Å². The lowest BCUT2D eigenvalue weighted by Gasteiger charge is -2.23.